The van der Waals surface area contributed by atoms with Crippen molar-refractivity contribution in [2.75, 3.05) is 20.8 Å². The van der Waals surface area contributed by atoms with Gasteiger partial charge >= 0.3 is 11.8 Å². The van der Waals surface area contributed by atoms with Crippen LogP contribution in [-0.4, -0.2) is 64.2 Å². The first-order valence-electron chi connectivity index (χ1n) is 11.7. The molecule has 1 aromatic heterocycles. The van der Waals surface area contributed by atoms with Crippen LogP contribution in [0.1, 0.15) is 51.5 Å². The van der Waals surface area contributed by atoms with E-state index in [1.807, 2.05) is 0 Å². The van der Waals surface area contributed by atoms with E-state index in [0.29, 0.717) is 17.9 Å². The van der Waals surface area contributed by atoms with Gasteiger partial charge in [0.2, 0.25) is 12.2 Å². The first-order valence-corrected chi connectivity index (χ1v) is 11.7. The Hall–Kier alpha value is -3.63. The van der Waals surface area contributed by atoms with E-state index in [1.165, 1.54) is 29.1 Å². The molecule has 1 amide bonds. The van der Waals surface area contributed by atoms with Crippen LogP contribution in [0.25, 0.3) is 0 Å². The van der Waals surface area contributed by atoms with E-state index in [0.717, 1.165) is 25.7 Å². The van der Waals surface area contributed by atoms with Crippen molar-refractivity contribution < 1.29 is 28.7 Å². The molecule has 0 spiro atoms. The van der Waals surface area contributed by atoms with Crippen molar-refractivity contribution in [1.82, 2.24) is 14.5 Å². The number of unbranched alkanes of at least 4 members (excludes halogenated alkanes) is 3. The number of benzene rings is 1. The lowest BCUT2D eigenvalue weighted by Crippen LogP contribution is -2.44. The highest BCUT2D eigenvalue weighted by Gasteiger charge is 2.44. The Kier molecular flexibility index (Phi) is 9.04. The number of carbonyl (C=O) groups excluding carboxylic acids is 2. The fourth-order valence-corrected chi connectivity index (χ4v) is 4.30. The molecule has 0 aliphatic carbocycles. The molecule has 190 valence electrons. The summed E-state index contributed by atoms with van der Waals surface area (Å²) < 4.78 is 17.7. The summed E-state index contributed by atoms with van der Waals surface area (Å²) in [6, 6.07) is 5.56. The van der Waals surface area contributed by atoms with Crippen LogP contribution >= 0.6 is 0 Å². The number of nitrogens with zero attached hydrogens (tertiary/aromatic N) is 4. The van der Waals surface area contributed by atoms with Gasteiger partial charge in [0.05, 0.1) is 20.8 Å². The molecular formula is C24H32N4O7. The summed E-state index contributed by atoms with van der Waals surface area (Å²) in [5.74, 6) is 0.0133. The Morgan fingerprint density at radius 3 is 2.66 bits per heavy atom. The number of amides is 1. The van der Waals surface area contributed by atoms with Crippen LogP contribution in [0.2, 0.25) is 0 Å². The average Bonchev–Trinajstić information content (AvgIpc) is 3.51. The van der Waals surface area contributed by atoms with Crippen LogP contribution < -0.4 is 9.47 Å². The number of likely N-dealkylation sites (tertiary alicyclic amines) is 1. The van der Waals surface area contributed by atoms with E-state index in [1.54, 1.807) is 31.4 Å². The van der Waals surface area contributed by atoms with Gasteiger partial charge in [-0.05, 0) is 28.5 Å². The van der Waals surface area contributed by atoms with Gasteiger partial charge in [0.15, 0.2) is 0 Å². The van der Waals surface area contributed by atoms with Gasteiger partial charge in [0, 0.05) is 12.5 Å². The number of aromatic nitrogens is 2. The smallest absolute Gasteiger partial charge is 0.381 e. The summed E-state index contributed by atoms with van der Waals surface area (Å²) in [5, 5.41) is 11.2. The summed E-state index contributed by atoms with van der Waals surface area (Å²) in [5.41, 5.74) is 0. The van der Waals surface area contributed by atoms with Crippen LogP contribution in [0.3, 0.4) is 0 Å². The minimum atomic E-state index is -0.820. The predicted octanol–water partition coefficient (Wildman–Crippen LogP) is 3.53. The number of methoxy groups -OCH3 is 2. The molecule has 0 bridgehead atoms. The second kappa shape index (κ2) is 12.2. The SMILES string of the molecule is CCCCCC[C@H](C(=O)N1C[C@@H](Oc2cccc(OC)c2)C[C@H]1C(=O)OC)n1cnc([N+](=O)[O-])c1. The molecule has 1 aliphatic rings. The van der Waals surface area contributed by atoms with Gasteiger partial charge in [-0.2, -0.15) is 0 Å². The number of nitro groups is 1. The summed E-state index contributed by atoms with van der Waals surface area (Å²) in [6.07, 6.45) is 6.61. The average molecular weight is 489 g/mol. The normalized spacial score (nSPS) is 18.2. The predicted molar refractivity (Wildman–Crippen MR) is 126 cm³/mol. The van der Waals surface area contributed by atoms with Crippen molar-refractivity contribution in [1.29, 1.82) is 0 Å². The third-order valence-corrected chi connectivity index (χ3v) is 6.11. The third-order valence-electron chi connectivity index (χ3n) is 6.11. The second-order valence-corrected chi connectivity index (χ2v) is 8.49. The van der Waals surface area contributed by atoms with Crippen LogP contribution in [0, 0.1) is 10.1 Å². The van der Waals surface area contributed by atoms with Crippen molar-refractivity contribution in [3.05, 3.63) is 46.9 Å². The number of esters is 1. The van der Waals surface area contributed by atoms with Gasteiger partial charge in [-0.15, -0.1) is 0 Å². The molecule has 0 unspecified atom stereocenters. The Morgan fingerprint density at radius 1 is 1.23 bits per heavy atom. The number of ether oxygens (including phenoxy) is 3. The highest BCUT2D eigenvalue weighted by molar-refractivity contribution is 5.87. The van der Waals surface area contributed by atoms with Crippen molar-refractivity contribution in [2.45, 2.75) is 63.6 Å². The Labute approximate surface area is 204 Å². The molecule has 1 fully saturated rings. The standard InChI is InChI=1S/C24H32N4O7/c1-4-5-6-7-11-20(26-15-22(25-16-26)28(31)32)23(29)27-14-19(13-21(27)24(30)34-3)35-18-10-8-9-17(12-18)33-2/h8-10,12,15-16,19-21H,4-7,11,13-14H2,1-3H3/t19-,20+,21-/m0/s1. The van der Waals surface area contributed by atoms with E-state index in [-0.39, 0.29) is 24.7 Å². The molecule has 3 rings (SSSR count). The molecule has 0 N–H and O–H groups in total. The van der Waals surface area contributed by atoms with E-state index < -0.39 is 29.1 Å². The third kappa shape index (κ3) is 6.49. The van der Waals surface area contributed by atoms with E-state index in [4.69, 9.17) is 14.2 Å². The Morgan fingerprint density at radius 2 is 2.00 bits per heavy atom. The van der Waals surface area contributed by atoms with Crippen LogP contribution in [0.5, 0.6) is 11.5 Å². The summed E-state index contributed by atoms with van der Waals surface area (Å²) in [4.78, 5) is 42.2. The summed E-state index contributed by atoms with van der Waals surface area (Å²) >= 11 is 0. The molecule has 35 heavy (non-hydrogen) atoms. The molecule has 3 atom stereocenters. The van der Waals surface area contributed by atoms with E-state index >= 15 is 0 Å². The van der Waals surface area contributed by atoms with Gasteiger partial charge < -0.3 is 29.2 Å². The lowest BCUT2D eigenvalue weighted by molar-refractivity contribution is -0.389. The molecule has 2 aromatic rings. The van der Waals surface area contributed by atoms with Crippen molar-refractivity contribution in [3.8, 4) is 11.5 Å². The van der Waals surface area contributed by atoms with Crippen molar-refractivity contribution >= 4 is 17.7 Å². The fourth-order valence-electron chi connectivity index (χ4n) is 4.30. The summed E-state index contributed by atoms with van der Waals surface area (Å²) in [7, 11) is 2.84. The maximum Gasteiger partial charge on any atom is 0.381 e. The van der Waals surface area contributed by atoms with Gasteiger partial charge in [0.25, 0.3) is 0 Å². The number of rotatable bonds is 12. The van der Waals surface area contributed by atoms with Crippen LogP contribution in [-0.2, 0) is 14.3 Å². The number of hydrogen-bond acceptors (Lipinski definition) is 8. The quantitative estimate of drug-likeness (QED) is 0.192. The molecule has 1 saturated heterocycles. The zero-order valence-electron chi connectivity index (χ0n) is 20.3. The van der Waals surface area contributed by atoms with E-state index in [9.17, 15) is 19.7 Å². The zero-order valence-corrected chi connectivity index (χ0v) is 20.3. The van der Waals surface area contributed by atoms with Crippen molar-refractivity contribution in [2.24, 2.45) is 0 Å². The minimum Gasteiger partial charge on any atom is -0.497 e. The minimum absolute atomic E-state index is 0.179. The molecule has 0 radical (unpaired) electrons. The highest BCUT2D eigenvalue weighted by atomic mass is 16.6. The number of imidazole rings is 1. The highest BCUT2D eigenvalue weighted by Crippen LogP contribution is 2.30. The molecule has 1 aliphatic heterocycles. The largest absolute Gasteiger partial charge is 0.497 e. The number of carbonyl (C=O) groups is 2. The maximum absolute atomic E-state index is 13.7. The molecule has 2 heterocycles. The summed E-state index contributed by atoms with van der Waals surface area (Å²) in [6.45, 7) is 2.27. The van der Waals surface area contributed by atoms with Crippen LogP contribution in [0.15, 0.2) is 36.8 Å². The lowest BCUT2D eigenvalue weighted by atomic mass is 10.1. The molecule has 11 nitrogen and oxygen atoms in total. The Bertz CT molecular complexity index is 1020. The van der Waals surface area contributed by atoms with Crippen LogP contribution in [0.4, 0.5) is 5.82 Å². The first kappa shape index (κ1) is 26.0. The topological polar surface area (TPSA) is 126 Å². The maximum atomic E-state index is 13.7. The monoisotopic (exact) mass is 488 g/mol. The number of hydrogen-bond donors (Lipinski definition) is 0. The van der Waals surface area contributed by atoms with Gasteiger partial charge in [-0.1, -0.05) is 38.7 Å². The Balaban J connectivity index is 1.82. The molecular weight excluding hydrogens is 456 g/mol. The first-order chi connectivity index (χ1) is 16.9. The van der Waals surface area contributed by atoms with Gasteiger partial charge in [-0.25, -0.2) is 4.79 Å². The molecule has 0 saturated carbocycles. The van der Waals surface area contributed by atoms with Crippen molar-refractivity contribution in [3.63, 3.8) is 0 Å². The van der Waals surface area contributed by atoms with Gasteiger partial charge in [0.1, 0.15) is 35.9 Å². The fraction of sp³-hybridized carbons (Fsp3) is 0.542. The molecule has 11 heteroatoms. The second-order valence-electron chi connectivity index (χ2n) is 8.49. The van der Waals surface area contributed by atoms with Gasteiger partial charge in [-0.3, -0.25) is 9.36 Å². The molecule has 1 aromatic carbocycles. The zero-order chi connectivity index (χ0) is 25.4. The lowest BCUT2D eigenvalue weighted by Gasteiger charge is -2.27. The van der Waals surface area contributed by atoms with E-state index in [2.05, 4.69) is 11.9 Å².